The van der Waals surface area contributed by atoms with Crippen molar-refractivity contribution in [2.45, 2.75) is 65.1 Å². The second-order valence-electron chi connectivity index (χ2n) is 6.80. The highest BCUT2D eigenvalue weighted by atomic mass is 15.2. The molecule has 21 heavy (non-hydrogen) atoms. The van der Waals surface area contributed by atoms with E-state index in [1.807, 2.05) is 0 Å². The van der Waals surface area contributed by atoms with Gasteiger partial charge in [-0.15, -0.1) is 0 Å². The second-order valence-corrected chi connectivity index (χ2v) is 6.80. The van der Waals surface area contributed by atoms with Crippen LogP contribution in [0.1, 0.15) is 58.6 Å². The maximum atomic E-state index is 3.77. The number of hydrogen-bond acceptors (Lipinski definition) is 2. The molecule has 0 aromatic heterocycles. The Morgan fingerprint density at radius 3 is 2.57 bits per heavy atom. The molecule has 118 valence electrons. The molecule has 2 heteroatoms. The molecule has 0 amide bonds. The summed E-state index contributed by atoms with van der Waals surface area (Å²) in [6.45, 7) is 11.7. The lowest BCUT2D eigenvalue weighted by molar-refractivity contribution is 0.0699. The fraction of sp³-hybridized carbons (Fsp3) is 0.684. The lowest BCUT2D eigenvalue weighted by Crippen LogP contribution is -2.50. The highest BCUT2D eigenvalue weighted by molar-refractivity contribution is 5.20. The first-order chi connectivity index (χ1) is 10.1. The molecule has 1 N–H and O–H groups in total. The molecular formula is C19H32N2. The lowest BCUT2D eigenvalue weighted by atomic mass is 9.89. The molecule has 0 radical (unpaired) electrons. The fourth-order valence-corrected chi connectivity index (χ4v) is 3.75. The van der Waals surface area contributed by atoms with Gasteiger partial charge in [0.15, 0.2) is 0 Å². The summed E-state index contributed by atoms with van der Waals surface area (Å²) < 4.78 is 0. The standard InChI is InChI=1S/C19H32N2/c1-5-12-20-19(18-9-7-6-8-10-18)17(4)21-13-11-15(2)14-16(21)3/h6-10,15-17,19-20H,5,11-14H2,1-4H3. The van der Waals surface area contributed by atoms with E-state index in [1.54, 1.807) is 0 Å². The molecule has 0 spiro atoms. The van der Waals surface area contributed by atoms with Gasteiger partial charge in [0.2, 0.25) is 0 Å². The van der Waals surface area contributed by atoms with E-state index in [1.165, 1.54) is 31.4 Å². The summed E-state index contributed by atoms with van der Waals surface area (Å²) in [7, 11) is 0. The number of hydrogen-bond donors (Lipinski definition) is 1. The van der Waals surface area contributed by atoms with Crippen LogP contribution in [0.4, 0.5) is 0 Å². The minimum absolute atomic E-state index is 0.432. The van der Waals surface area contributed by atoms with Gasteiger partial charge in [-0.3, -0.25) is 4.90 Å². The molecule has 4 atom stereocenters. The van der Waals surface area contributed by atoms with Gasteiger partial charge < -0.3 is 5.32 Å². The molecule has 0 bridgehead atoms. The zero-order chi connectivity index (χ0) is 15.2. The van der Waals surface area contributed by atoms with Gasteiger partial charge in [0.25, 0.3) is 0 Å². The molecule has 2 nitrogen and oxygen atoms in total. The fourth-order valence-electron chi connectivity index (χ4n) is 3.75. The van der Waals surface area contributed by atoms with Gasteiger partial charge in [-0.25, -0.2) is 0 Å². The molecule has 1 aromatic rings. The van der Waals surface area contributed by atoms with E-state index in [4.69, 9.17) is 0 Å². The van der Waals surface area contributed by atoms with Gasteiger partial charge in [-0.05, 0) is 57.7 Å². The van der Waals surface area contributed by atoms with Crippen molar-refractivity contribution < 1.29 is 0 Å². The number of likely N-dealkylation sites (tertiary alicyclic amines) is 1. The first kappa shape index (κ1) is 16.5. The minimum Gasteiger partial charge on any atom is -0.309 e. The van der Waals surface area contributed by atoms with Gasteiger partial charge >= 0.3 is 0 Å². The van der Waals surface area contributed by atoms with Crippen molar-refractivity contribution in [3.05, 3.63) is 35.9 Å². The van der Waals surface area contributed by atoms with Crippen molar-refractivity contribution in [3.8, 4) is 0 Å². The Kier molecular flexibility index (Phi) is 6.25. The Labute approximate surface area is 130 Å². The third-order valence-electron chi connectivity index (χ3n) is 4.97. The monoisotopic (exact) mass is 288 g/mol. The van der Waals surface area contributed by atoms with Crippen LogP contribution < -0.4 is 5.32 Å². The molecule has 0 saturated carbocycles. The Balaban J connectivity index is 2.12. The molecule has 1 heterocycles. The van der Waals surface area contributed by atoms with Crippen molar-refractivity contribution >= 4 is 0 Å². The smallest absolute Gasteiger partial charge is 0.0475 e. The van der Waals surface area contributed by atoms with Crippen molar-refractivity contribution in [2.24, 2.45) is 5.92 Å². The predicted octanol–water partition coefficient (Wildman–Crippen LogP) is 4.24. The van der Waals surface area contributed by atoms with Crippen LogP contribution in [-0.2, 0) is 0 Å². The van der Waals surface area contributed by atoms with Crippen molar-refractivity contribution in [3.63, 3.8) is 0 Å². The molecule has 2 rings (SSSR count). The van der Waals surface area contributed by atoms with E-state index < -0.39 is 0 Å². The summed E-state index contributed by atoms with van der Waals surface area (Å²) in [6.07, 6.45) is 3.85. The van der Waals surface area contributed by atoms with Crippen LogP contribution >= 0.6 is 0 Å². The van der Waals surface area contributed by atoms with Gasteiger partial charge in [0.1, 0.15) is 0 Å². The summed E-state index contributed by atoms with van der Waals surface area (Å²) in [5.41, 5.74) is 1.42. The summed E-state index contributed by atoms with van der Waals surface area (Å²) >= 11 is 0. The second kappa shape index (κ2) is 7.95. The van der Waals surface area contributed by atoms with Crippen molar-refractivity contribution in [2.75, 3.05) is 13.1 Å². The van der Waals surface area contributed by atoms with Gasteiger partial charge in [0.05, 0.1) is 0 Å². The van der Waals surface area contributed by atoms with Crippen LogP contribution in [0.25, 0.3) is 0 Å². The number of piperidine rings is 1. The van der Waals surface area contributed by atoms with Crippen LogP contribution in [0.3, 0.4) is 0 Å². The van der Waals surface area contributed by atoms with Gasteiger partial charge in [-0.2, -0.15) is 0 Å². The zero-order valence-electron chi connectivity index (χ0n) is 14.2. The average molecular weight is 288 g/mol. The molecular weight excluding hydrogens is 256 g/mol. The third kappa shape index (κ3) is 4.31. The maximum Gasteiger partial charge on any atom is 0.0475 e. The van der Waals surface area contributed by atoms with Crippen LogP contribution in [0.15, 0.2) is 30.3 Å². The van der Waals surface area contributed by atoms with E-state index in [-0.39, 0.29) is 0 Å². The summed E-state index contributed by atoms with van der Waals surface area (Å²) in [4.78, 5) is 2.71. The largest absolute Gasteiger partial charge is 0.309 e. The topological polar surface area (TPSA) is 15.3 Å². The summed E-state index contributed by atoms with van der Waals surface area (Å²) in [5.74, 6) is 0.877. The Bertz CT molecular complexity index is 403. The molecule has 4 unspecified atom stereocenters. The van der Waals surface area contributed by atoms with Gasteiger partial charge in [-0.1, -0.05) is 44.2 Å². The SMILES string of the molecule is CCCNC(c1ccccc1)C(C)N1CCC(C)CC1C. The molecule has 1 aliphatic rings. The van der Waals surface area contributed by atoms with E-state index in [0.717, 1.165) is 12.5 Å². The summed E-state index contributed by atoms with van der Waals surface area (Å²) in [6, 6.07) is 12.6. The van der Waals surface area contributed by atoms with E-state index in [0.29, 0.717) is 18.1 Å². The first-order valence-corrected chi connectivity index (χ1v) is 8.67. The maximum absolute atomic E-state index is 3.77. The molecule has 0 aliphatic carbocycles. The number of nitrogens with zero attached hydrogens (tertiary/aromatic N) is 1. The van der Waals surface area contributed by atoms with E-state index in [2.05, 4.69) is 68.2 Å². The third-order valence-corrected chi connectivity index (χ3v) is 4.97. The first-order valence-electron chi connectivity index (χ1n) is 8.67. The van der Waals surface area contributed by atoms with Crippen molar-refractivity contribution in [1.29, 1.82) is 0 Å². The van der Waals surface area contributed by atoms with Crippen LogP contribution in [0.5, 0.6) is 0 Å². The van der Waals surface area contributed by atoms with Gasteiger partial charge in [0, 0.05) is 18.1 Å². The number of rotatable bonds is 6. The molecule has 1 aliphatic heterocycles. The Hall–Kier alpha value is -0.860. The van der Waals surface area contributed by atoms with Crippen molar-refractivity contribution in [1.82, 2.24) is 10.2 Å². The average Bonchev–Trinajstić information content (AvgIpc) is 2.48. The zero-order valence-corrected chi connectivity index (χ0v) is 14.2. The van der Waals surface area contributed by atoms with Crippen LogP contribution in [0, 0.1) is 5.92 Å². The Morgan fingerprint density at radius 1 is 1.24 bits per heavy atom. The Morgan fingerprint density at radius 2 is 1.95 bits per heavy atom. The normalized spacial score (nSPS) is 26.5. The number of benzene rings is 1. The quantitative estimate of drug-likeness (QED) is 0.842. The highest BCUT2D eigenvalue weighted by Crippen LogP contribution is 2.29. The minimum atomic E-state index is 0.432. The predicted molar refractivity (Wildman–Crippen MR) is 91.5 cm³/mol. The number of nitrogens with one attached hydrogen (secondary N) is 1. The highest BCUT2D eigenvalue weighted by Gasteiger charge is 2.31. The molecule has 1 fully saturated rings. The van der Waals surface area contributed by atoms with E-state index in [9.17, 15) is 0 Å². The van der Waals surface area contributed by atoms with E-state index >= 15 is 0 Å². The molecule has 1 saturated heterocycles. The summed E-state index contributed by atoms with van der Waals surface area (Å²) in [5, 5.41) is 3.77. The lowest BCUT2D eigenvalue weighted by Gasteiger charge is -2.43. The molecule has 1 aromatic carbocycles. The van der Waals surface area contributed by atoms with Crippen LogP contribution in [0.2, 0.25) is 0 Å². The van der Waals surface area contributed by atoms with Crippen LogP contribution in [-0.4, -0.2) is 30.1 Å².